The zero-order valence-corrected chi connectivity index (χ0v) is 12.0. The van der Waals surface area contributed by atoms with Crippen molar-refractivity contribution >= 4 is 23.4 Å². The summed E-state index contributed by atoms with van der Waals surface area (Å²) in [6.45, 7) is 5.18. The first-order chi connectivity index (χ1) is 8.70. The van der Waals surface area contributed by atoms with Crippen LogP contribution in [0.3, 0.4) is 0 Å². The van der Waals surface area contributed by atoms with Crippen LogP contribution in [-0.4, -0.2) is 16.5 Å². The predicted octanol–water partition coefficient (Wildman–Crippen LogP) is 3.88. The van der Waals surface area contributed by atoms with Crippen molar-refractivity contribution in [1.82, 2.24) is 15.3 Å². The summed E-state index contributed by atoms with van der Waals surface area (Å²) in [5.74, 6) is 0. The maximum Gasteiger partial charge on any atom is 0.170 e. The van der Waals surface area contributed by atoms with Crippen molar-refractivity contribution in [1.29, 1.82) is 0 Å². The third-order valence-electron chi connectivity index (χ3n) is 2.65. The van der Waals surface area contributed by atoms with E-state index in [-0.39, 0.29) is 0 Å². The number of hydrogen-bond donors (Lipinski definition) is 2. The molecule has 0 radical (unpaired) electrons. The Labute approximate surface area is 116 Å². The van der Waals surface area contributed by atoms with Crippen LogP contribution in [0.2, 0.25) is 5.02 Å². The number of aromatic nitrogens is 2. The van der Waals surface area contributed by atoms with Gasteiger partial charge in [-0.25, -0.2) is 4.98 Å². The Balaban J connectivity index is 2.14. The van der Waals surface area contributed by atoms with E-state index in [4.69, 9.17) is 11.6 Å². The molecule has 1 unspecified atom stereocenters. The highest BCUT2D eigenvalue weighted by Crippen LogP contribution is 2.32. The van der Waals surface area contributed by atoms with Crippen molar-refractivity contribution in [3.63, 3.8) is 0 Å². The van der Waals surface area contributed by atoms with Crippen LogP contribution in [0.5, 0.6) is 0 Å². The van der Waals surface area contributed by atoms with Gasteiger partial charge in [0, 0.05) is 23.3 Å². The first kappa shape index (κ1) is 13.5. The molecule has 0 aliphatic rings. The molecule has 1 aromatic heterocycles. The number of hydrogen-bond acceptors (Lipinski definition) is 3. The smallest absolute Gasteiger partial charge is 0.170 e. The molecule has 0 amide bonds. The summed E-state index contributed by atoms with van der Waals surface area (Å²) in [6, 6.07) is 6.47. The number of benzene rings is 1. The third kappa shape index (κ3) is 3.28. The molecule has 0 aliphatic heterocycles. The fraction of sp³-hybridized carbons (Fsp3) is 0.308. The molecule has 0 spiro atoms. The summed E-state index contributed by atoms with van der Waals surface area (Å²) in [7, 11) is 0. The fourth-order valence-electron chi connectivity index (χ4n) is 1.70. The highest BCUT2D eigenvalue weighted by atomic mass is 35.5. The highest BCUT2D eigenvalue weighted by molar-refractivity contribution is 7.99. The first-order valence-electron chi connectivity index (χ1n) is 5.90. The Bertz CT molecular complexity index is 499. The Kier molecular flexibility index (Phi) is 4.69. The van der Waals surface area contributed by atoms with E-state index in [2.05, 4.69) is 35.2 Å². The quantitative estimate of drug-likeness (QED) is 0.874. The molecule has 96 valence electrons. The molecule has 0 bridgehead atoms. The fourth-order valence-corrected chi connectivity index (χ4v) is 2.75. The van der Waals surface area contributed by atoms with Crippen molar-refractivity contribution in [2.45, 2.75) is 29.9 Å². The van der Waals surface area contributed by atoms with E-state index in [1.54, 1.807) is 12.4 Å². The van der Waals surface area contributed by atoms with Gasteiger partial charge in [-0.15, -0.1) is 0 Å². The minimum Gasteiger partial charge on any atom is -0.339 e. The van der Waals surface area contributed by atoms with Gasteiger partial charge in [0.25, 0.3) is 0 Å². The molecular formula is C13H16ClN3S. The van der Waals surface area contributed by atoms with Crippen LogP contribution in [0, 0.1) is 0 Å². The van der Waals surface area contributed by atoms with Crippen LogP contribution >= 0.6 is 23.4 Å². The average Bonchev–Trinajstić information content (AvgIpc) is 2.85. The summed E-state index contributed by atoms with van der Waals surface area (Å²) in [5, 5.41) is 4.98. The largest absolute Gasteiger partial charge is 0.339 e. The van der Waals surface area contributed by atoms with Gasteiger partial charge in [-0.3, -0.25) is 0 Å². The van der Waals surface area contributed by atoms with Gasteiger partial charge in [0.05, 0.1) is 5.02 Å². The lowest BCUT2D eigenvalue weighted by molar-refractivity contribution is 0.598. The van der Waals surface area contributed by atoms with Crippen molar-refractivity contribution in [3.8, 4) is 0 Å². The number of aromatic amines is 1. The van der Waals surface area contributed by atoms with Crippen LogP contribution in [-0.2, 0) is 0 Å². The molecule has 1 aromatic carbocycles. The van der Waals surface area contributed by atoms with E-state index in [0.29, 0.717) is 6.04 Å². The number of imidazole rings is 1. The third-order valence-corrected chi connectivity index (χ3v) is 4.06. The number of halogens is 1. The van der Waals surface area contributed by atoms with Gasteiger partial charge in [-0.1, -0.05) is 36.4 Å². The Morgan fingerprint density at radius 2 is 2.33 bits per heavy atom. The molecule has 5 heteroatoms. The van der Waals surface area contributed by atoms with Gasteiger partial charge in [0.1, 0.15) is 0 Å². The standard InChI is InChI=1S/C13H16ClN3S/c1-3-15-9(2)10-4-5-12(11(14)8-10)18-13-16-6-7-17-13/h4-9,15H,3H2,1-2H3,(H,16,17). The monoisotopic (exact) mass is 281 g/mol. The lowest BCUT2D eigenvalue weighted by atomic mass is 10.1. The second kappa shape index (κ2) is 6.27. The Morgan fingerprint density at radius 1 is 1.50 bits per heavy atom. The van der Waals surface area contributed by atoms with E-state index < -0.39 is 0 Å². The van der Waals surface area contributed by atoms with E-state index in [9.17, 15) is 0 Å². The van der Waals surface area contributed by atoms with Crippen molar-refractivity contribution < 1.29 is 0 Å². The lowest BCUT2D eigenvalue weighted by Crippen LogP contribution is -2.17. The van der Waals surface area contributed by atoms with E-state index in [1.165, 1.54) is 17.3 Å². The van der Waals surface area contributed by atoms with Crippen LogP contribution in [0.25, 0.3) is 0 Å². The van der Waals surface area contributed by atoms with E-state index >= 15 is 0 Å². The zero-order chi connectivity index (χ0) is 13.0. The van der Waals surface area contributed by atoms with Gasteiger partial charge in [0.15, 0.2) is 5.16 Å². The van der Waals surface area contributed by atoms with Gasteiger partial charge in [0.2, 0.25) is 0 Å². The summed E-state index contributed by atoms with van der Waals surface area (Å²) in [6.07, 6.45) is 3.54. The number of nitrogens with one attached hydrogen (secondary N) is 2. The van der Waals surface area contributed by atoms with Crippen molar-refractivity contribution in [3.05, 3.63) is 41.2 Å². The number of rotatable bonds is 5. The molecule has 18 heavy (non-hydrogen) atoms. The van der Waals surface area contributed by atoms with Crippen LogP contribution < -0.4 is 5.32 Å². The van der Waals surface area contributed by atoms with Crippen LogP contribution in [0.15, 0.2) is 40.6 Å². The molecule has 0 saturated heterocycles. The minimum absolute atomic E-state index is 0.315. The zero-order valence-electron chi connectivity index (χ0n) is 10.4. The summed E-state index contributed by atoms with van der Waals surface area (Å²) in [5.41, 5.74) is 1.20. The summed E-state index contributed by atoms with van der Waals surface area (Å²) >= 11 is 7.84. The first-order valence-corrected chi connectivity index (χ1v) is 7.10. The minimum atomic E-state index is 0.315. The highest BCUT2D eigenvalue weighted by Gasteiger charge is 2.09. The second-order valence-corrected chi connectivity index (χ2v) is 5.40. The van der Waals surface area contributed by atoms with E-state index in [0.717, 1.165) is 21.6 Å². The Hall–Kier alpha value is -0.970. The molecule has 1 heterocycles. The van der Waals surface area contributed by atoms with Crippen LogP contribution in [0.1, 0.15) is 25.5 Å². The van der Waals surface area contributed by atoms with Gasteiger partial charge < -0.3 is 10.3 Å². The van der Waals surface area contributed by atoms with Gasteiger partial charge in [-0.2, -0.15) is 0 Å². The molecule has 3 nitrogen and oxygen atoms in total. The average molecular weight is 282 g/mol. The number of H-pyrrole nitrogens is 1. The van der Waals surface area contributed by atoms with Crippen molar-refractivity contribution in [2.24, 2.45) is 0 Å². The van der Waals surface area contributed by atoms with Crippen molar-refractivity contribution in [2.75, 3.05) is 6.54 Å². The predicted molar refractivity (Wildman–Crippen MR) is 76.3 cm³/mol. The molecule has 0 saturated carbocycles. The molecular weight excluding hydrogens is 266 g/mol. The van der Waals surface area contributed by atoms with E-state index in [1.807, 2.05) is 12.1 Å². The molecule has 1 atom stereocenters. The number of nitrogens with zero attached hydrogens (tertiary/aromatic N) is 1. The van der Waals surface area contributed by atoms with Crippen LogP contribution in [0.4, 0.5) is 0 Å². The topological polar surface area (TPSA) is 40.7 Å². The molecule has 2 aromatic rings. The van der Waals surface area contributed by atoms with Gasteiger partial charge in [-0.05, 0) is 31.2 Å². The SMILES string of the molecule is CCNC(C)c1ccc(Sc2ncc[nH]2)c(Cl)c1. The molecule has 0 aliphatic carbocycles. The summed E-state index contributed by atoms with van der Waals surface area (Å²) < 4.78 is 0. The molecule has 0 fully saturated rings. The normalized spacial score (nSPS) is 12.6. The summed E-state index contributed by atoms with van der Waals surface area (Å²) in [4.78, 5) is 8.24. The molecule has 2 N–H and O–H groups in total. The second-order valence-electron chi connectivity index (χ2n) is 3.97. The van der Waals surface area contributed by atoms with Gasteiger partial charge >= 0.3 is 0 Å². The molecule has 2 rings (SSSR count). The maximum atomic E-state index is 6.30. The maximum absolute atomic E-state index is 6.30. The Morgan fingerprint density at radius 3 is 2.94 bits per heavy atom. The lowest BCUT2D eigenvalue weighted by Gasteiger charge is -2.14.